The van der Waals surface area contributed by atoms with Crippen LogP contribution in [0.2, 0.25) is 0 Å². The lowest BCUT2D eigenvalue weighted by Crippen LogP contribution is -2.70. The molecule has 23 nitrogen and oxygen atoms in total. The van der Waals surface area contributed by atoms with Gasteiger partial charge < -0.3 is 54.0 Å². The molecule has 18 rings (SSSR count). The molecule has 3 N–H and O–H groups in total. The highest BCUT2D eigenvalue weighted by atomic mass is 32.1. The van der Waals surface area contributed by atoms with Crippen molar-refractivity contribution < 1.29 is 96.6 Å². The molecule has 7 atom stereocenters. The third-order valence-electron chi connectivity index (χ3n) is 25.6. The van der Waals surface area contributed by atoms with Crippen molar-refractivity contribution in [3.05, 3.63) is 259 Å². The number of carbonyl (C=O) groups is 3. The number of aromatic nitrogens is 6. The number of nitrogens with zero attached hydrogens (tertiary/aromatic N) is 12. The van der Waals surface area contributed by atoms with E-state index in [1.165, 1.54) is 51.8 Å². The molecule has 0 radical (unpaired) electrons. The van der Waals surface area contributed by atoms with Crippen LogP contribution < -0.4 is 40.0 Å². The average Bonchev–Trinajstić information content (AvgIpc) is 0.723. The first-order valence-electron chi connectivity index (χ1n) is 43.2. The van der Waals surface area contributed by atoms with Crippen LogP contribution in [0.3, 0.4) is 0 Å². The van der Waals surface area contributed by atoms with Crippen LogP contribution in [-0.2, 0) is 14.4 Å². The van der Waals surface area contributed by atoms with E-state index < -0.39 is 197 Å². The number of hydrogen-bond donors (Lipinski definition) is 3. The van der Waals surface area contributed by atoms with Crippen molar-refractivity contribution in [3.8, 4) is 84.9 Å². The van der Waals surface area contributed by atoms with E-state index in [9.17, 15) is 39.3 Å². The molecule has 0 aliphatic carbocycles. The van der Waals surface area contributed by atoms with Crippen LogP contribution in [0.25, 0.3) is 83.2 Å². The molecule has 3 saturated heterocycles. The largest absolute Gasteiger partial charge is 0.507 e. The van der Waals surface area contributed by atoms with Crippen molar-refractivity contribution in [3.63, 3.8) is 0 Å². The fourth-order valence-corrected chi connectivity index (χ4v) is 19.6. The van der Waals surface area contributed by atoms with Gasteiger partial charge in [-0.1, -0.05) is 91.7 Å². The number of phenols is 3. The highest BCUT2D eigenvalue weighted by molar-refractivity contribution is 7.71. The number of piperazine rings is 3. The minimum atomic E-state index is -3.85. The fourth-order valence-electron chi connectivity index (χ4n) is 19.2. The Kier molecular flexibility index (Phi) is 24.8. The Morgan fingerprint density at radius 3 is 1.24 bits per heavy atom. The second-order valence-corrected chi connectivity index (χ2v) is 35.3. The maximum Gasteiger partial charge on any atom is 0.346 e. The molecule has 6 aliphatic rings. The third kappa shape index (κ3) is 15.2. The van der Waals surface area contributed by atoms with Crippen molar-refractivity contribution in [2.75, 3.05) is 60.7 Å². The topological polar surface area (TPSA) is 247 Å². The van der Waals surface area contributed by atoms with Crippen LogP contribution in [0.15, 0.2) is 157 Å². The first-order valence-corrected chi connectivity index (χ1v) is 43.6. The Labute approximate surface area is 769 Å². The Morgan fingerprint density at radius 1 is 0.459 bits per heavy atom. The molecule has 3 fully saturated rings. The number of pyridine rings is 6. The van der Waals surface area contributed by atoms with Crippen molar-refractivity contribution in [2.45, 2.75) is 149 Å². The second kappa shape index (κ2) is 35.6. The number of benzene rings is 6. The van der Waals surface area contributed by atoms with E-state index in [4.69, 9.17) is 26.4 Å². The highest BCUT2D eigenvalue weighted by Crippen LogP contribution is 2.54. The van der Waals surface area contributed by atoms with E-state index in [2.05, 4.69) is 34.7 Å². The maximum atomic E-state index is 17.1. The number of ether oxygens (including phenoxy) is 3. The monoisotopic (exact) mass is 1880 g/mol. The summed E-state index contributed by atoms with van der Waals surface area (Å²) in [4.78, 5) is 87.6. The minimum absolute atomic E-state index is 0.0121. The fraction of sp³-hybridized carbons (Fsp3) is 0.303. The van der Waals surface area contributed by atoms with Gasteiger partial charge in [-0.3, -0.25) is 57.5 Å². The number of amides is 3. The van der Waals surface area contributed by atoms with Crippen LogP contribution in [0, 0.1) is 77.8 Å². The number of carbonyl (C=O) groups excluding carboxylic acids is 3. The summed E-state index contributed by atoms with van der Waals surface area (Å²) in [6, 6.07) is 8.20. The molecule has 7 unspecified atom stereocenters. The molecule has 6 aliphatic heterocycles. The summed E-state index contributed by atoms with van der Waals surface area (Å²) in [5.41, 5.74) is -4.37. The molecule has 36 heteroatoms. The summed E-state index contributed by atoms with van der Waals surface area (Å²) in [6.07, 6.45) is 6.02. The Bertz CT molecular complexity index is 7170. The van der Waals surface area contributed by atoms with E-state index in [1.807, 2.05) is 46.4 Å². The van der Waals surface area contributed by atoms with Gasteiger partial charge in [0, 0.05) is 67.0 Å². The Morgan fingerprint density at radius 2 is 0.815 bits per heavy atom. The first kappa shape index (κ1) is 94.0. The predicted molar refractivity (Wildman–Crippen MR) is 488 cm³/mol. The standard InChI is InChI=1S/C33H29F5N4O4.C33H30F4N4O4.C33H31F3N4O3S/c1-6-23(44)40-13-18-14-46-31-30(42(18)33(37,38)17(40)5)19-12-21(35)25(24-20(34)8-7-9-22(24)43)26(36)29(19)41(32(31)45)28-16(4)10-11-39-27(28)15(2)3;1-6-23(43)39-13-18-14-45-31-30(40(18)32(37)17(39)5)19-12-21(35)25(24-20(34)8-7-9-22(24)42)26(36)29(19)41(33(31)44)28-16(4)10-11-38-27(28)15(2)3;1-6-24(42)38-14-19-15-43-32-31(39(19)13-18(38)5)20-12-22(35)26(25-21(34)8-7-9-23(25)41)27(36)30(20)40(33(32)44)29-17(4)10-11-37-28(29)16(2)3/h6-12,15,17-18,43H,1,13-14H2,2-5H3;6-12,15,17-18,32,42H,1,13-14H2,2-5H3;6-12,16,18-19,41H,1,13-15H2,2-5H3. The van der Waals surface area contributed by atoms with Gasteiger partial charge in [0.05, 0.1) is 125 Å². The SMILES string of the molecule is C=CC(=O)N1CC2COc3c(c4cc(F)c(-c5c(O)cccc5F)c(F)c4n(-c4c(C)ccnc4C(C)C)c3=O)N2C(F)(F)C1C.C=CC(=O)N1CC2COc3c(c4cc(F)c(-c5c(O)cccc5F)c(F)c4n(-c4c(C)ccnc4C(C)C)c3=O)N2C(F)C1C.C=CC(=O)N1CC2COc3c(c4cc(F)c(-c5c(O)cccc5F)c(F)c4n(-c4c(C)ccnc4C(C)C)c3=S)N2CC1C. The summed E-state index contributed by atoms with van der Waals surface area (Å²) in [7, 11) is 0. The zero-order valence-corrected chi connectivity index (χ0v) is 75.7. The smallest absolute Gasteiger partial charge is 0.346 e. The van der Waals surface area contributed by atoms with E-state index in [0.717, 1.165) is 93.3 Å². The molecule has 12 heterocycles. The summed E-state index contributed by atoms with van der Waals surface area (Å²) in [5, 5.41) is 31.0. The van der Waals surface area contributed by atoms with Crippen molar-refractivity contribution in [2.24, 2.45) is 0 Å². The van der Waals surface area contributed by atoms with Crippen LogP contribution in [0.1, 0.15) is 114 Å². The third-order valence-corrected chi connectivity index (χ3v) is 26.0. The van der Waals surface area contributed by atoms with Crippen molar-refractivity contribution in [1.29, 1.82) is 0 Å². The van der Waals surface area contributed by atoms with Crippen LogP contribution in [0.4, 0.5) is 69.7 Å². The minimum Gasteiger partial charge on any atom is -0.507 e. The average molecular weight is 1880 g/mol. The lowest BCUT2D eigenvalue weighted by molar-refractivity contribution is -0.150. The van der Waals surface area contributed by atoms with Crippen molar-refractivity contribution in [1.82, 2.24) is 43.4 Å². The molecule has 6 aromatic carbocycles. The van der Waals surface area contributed by atoms with Gasteiger partial charge in [-0.25, -0.2) is 43.9 Å². The molecule has 0 bridgehead atoms. The van der Waals surface area contributed by atoms with Crippen LogP contribution >= 0.6 is 12.2 Å². The van der Waals surface area contributed by atoms with E-state index >= 15 is 52.7 Å². The molecular weight excluding hydrogens is 1790 g/mol. The summed E-state index contributed by atoms with van der Waals surface area (Å²) >= 11 is 6.03. The number of aryl methyl sites for hydroxylation is 3. The Balaban J connectivity index is 0.000000147. The molecule has 3 amide bonds. The second-order valence-electron chi connectivity index (χ2n) is 34.9. The molecule has 0 spiro atoms. The molecule has 0 saturated carbocycles. The normalized spacial score (nSPS) is 18.6. The number of phenolic OH excluding ortho intramolecular Hbond substituents is 3. The van der Waals surface area contributed by atoms with E-state index in [1.54, 1.807) is 63.2 Å². The number of halogens is 12. The molecule has 702 valence electrons. The lowest BCUT2D eigenvalue weighted by atomic mass is 9.96. The van der Waals surface area contributed by atoms with Gasteiger partial charge in [-0.2, -0.15) is 8.78 Å². The molecule has 6 aromatic heterocycles. The van der Waals surface area contributed by atoms with Gasteiger partial charge in [0.1, 0.15) is 78.0 Å². The number of hydrogen-bond acceptors (Lipinski definition) is 18. The van der Waals surface area contributed by atoms with Gasteiger partial charge in [0.2, 0.25) is 29.2 Å². The van der Waals surface area contributed by atoms with Crippen LogP contribution in [-0.4, -0.2) is 171 Å². The highest BCUT2D eigenvalue weighted by Gasteiger charge is 2.58. The summed E-state index contributed by atoms with van der Waals surface area (Å²) in [6.45, 7) is 31.1. The maximum absolute atomic E-state index is 17.1. The number of fused-ring (bicyclic) bond motifs is 15. The van der Waals surface area contributed by atoms with E-state index in [-0.39, 0.29) is 112 Å². The summed E-state index contributed by atoms with van der Waals surface area (Å²) < 4.78 is 215. The van der Waals surface area contributed by atoms with Gasteiger partial charge in [-0.15, -0.1) is 0 Å². The van der Waals surface area contributed by atoms with Gasteiger partial charge in [0.15, 0.2) is 34.1 Å². The van der Waals surface area contributed by atoms with E-state index in [0.29, 0.717) is 57.6 Å². The van der Waals surface area contributed by atoms with Gasteiger partial charge in [0.25, 0.3) is 11.1 Å². The lowest BCUT2D eigenvalue weighted by Gasteiger charge is -2.52. The van der Waals surface area contributed by atoms with Gasteiger partial charge in [-0.05, 0) is 167 Å². The number of alkyl halides is 3. The molecular formula is C99H90F12N12O11S. The molecule has 12 aromatic rings. The van der Waals surface area contributed by atoms with Gasteiger partial charge >= 0.3 is 6.05 Å². The predicted octanol–water partition coefficient (Wildman–Crippen LogP) is 19.0. The number of aromatic hydroxyl groups is 3. The van der Waals surface area contributed by atoms with Crippen LogP contribution in [0.5, 0.6) is 34.5 Å². The Hall–Kier alpha value is -14.2. The number of rotatable bonds is 12. The first-order chi connectivity index (χ1) is 64.1. The quantitative estimate of drug-likeness (QED) is 0.0445. The zero-order chi connectivity index (χ0) is 97.5. The number of anilines is 3. The van der Waals surface area contributed by atoms with Crippen molar-refractivity contribution >= 4 is 79.7 Å². The zero-order valence-electron chi connectivity index (χ0n) is 74.9. The molecule has 135 heavy (non-hydrogen) atoms. The summed E-state index contributed by atoms with van der Waals surface area (Å²) in [5.74, 6) is -15.8.